The van der Waals surface area contributed by atoms with Crippen molar-refractivity contribution in [3.05, 3.63) is 0 Å². The number of esters is 5. The zero-order chi connectivity index (χ0) is 33.7. The Morgan fingerprint density at radius 1 is 0.465 bits per heavy atom. The SMILES string of the molecule is CCC(C)(COC(=O)C(C)(CO)CO)C(=O)OCCOC(=O)C(C)(COC(=O)C(C)(CO)CO)OC(=O)C(C)(CO)CO. The Hall–Kier alpha value is -2.89. The molecule has 0 aliphatic carbocycles. The largest absolute Gasteiger partial charge is 0.464 e. The third-order valence-corrected chi connectivity index (χ3v) is 7.15. The minimum absolute atomic E-state index is 0.155. The number of aliphatic hydroxyl groups is 6. The van der Waals surface area contributed by atoms with E-state index in [-0.39, 0.29) is 6.42 Å². The van der Waals surface area contributed by atoms with Gasteiger partial charge in [0.25, 0.3) is 0 Å². The molecule has 0 heterocycles. The van der Waals surface area contributed by atoms with Gasteiger partial charge in [0, 0.05) is 0 Å². The van der Waals surface area contributed by atoms with Gasteiger partial charge < -0.3 is 54.3 Å². The molecule has 0 aromatic rings. The number of hydrogen-bond donors (Lipinski definition) is 6. The first kappa shape index (κ1) is 40.1. The van der Waals surface area contributed by atoms with E-state index in [2.05, 4.69) is 0 Å². The van der Waals surface area contributed by atoms with E-state index in [1.807, 2.05) is 0 Å². The second-order valence-electron chi connectivity index (χ2n) is 11.6. The molecule has 0 amide bonds. The van der Waals surface area contributed by atoms with Crippen LogP contribution in [-0.4, -0.2) is 132 Å². The summed E-state index contributed by atoms with van der Waals surface area (Å²) in [5.41, 5.74) is -8.84. The van der Waals surface area contributed by atoms with E-state index in [0.717, 1.165) is 13.8 Å². The summed E-state index contributed by atoms with van der Waals surface area (Å²) in [4.78, 5) is 63.0. The van der Waals surface area contributed by atoms with Crippen LogP contribution >= 0.6 is 0 Å². The van der Waals surface area contributed by atoms with E-state index in [1.54, 1.807) is 6.92 Å². The Kier molecular flexibility index (Phi) is 15.7. The zero-order valence-electron chi connectivity index (χ0n) is 25.5. The summed E-state index contributed by atoms with van der Waals surface area (Å²) >= 11 is 0. The molecule has 16 nitrogen and oxygen atoms in total. The predicted molar refractivity (Wildman–Crippen MR) is 144 cm³/mol. The molecule has 6 N–H and O–H groups in total. The van der Waals surface area contributed by atoms with Crippen LogP contribution in [0.25, 0.3) is 0 Å². The molecule has 2 atom stereocenters. The van der Waals surface area contributed by atoms with Gasteiger partial charge in [0.1, 0.15) is 42.7 Å². The molecule has 0 aliphatic rings. The summed E-state index contributed by atoms with van der Waals surface area (Å²) in [6.07, 6.45) is 0.155. The van der Waals surface area contributed by atoms with Gasteiger partial charge in [0.15, 0.2) is 0 Å². The molecule has 0 aliphatic heterocycles. The van der Waals surface area contributed by atoms with Crippen LogP contribution in [0.5, 0.6) is 0 Å². The van der Waals surface area contributed by atoms with E-state index in [0.29, 0.717) is 0 Å². The summed E-state index contributed by atoms with van der Waals surface area (Å²) in [5.74, 6) is -5.39. The number of carbonyl (C=O) groups excluding carboxylic acids is 5. The summed E-state index contributed by atoms with van der Waals surface area (Å²) in [5, 5.41) is 56.5. The van der Waals surface area contributed by atoms with E-state index in [4.69, 9.17) is 23.7 Å². The Balaban J connectivity index is 5.52. The van der Waals surface area contributed by atoms with Crippen molar-refractivity contribution in [3.63, 3.8) is 0 Å². The number of ether oxygens (including phenoxy) is 5. The van der Waals surface area contributed by atoms with Gasteiger partial charge in [0.05, 0.1) is 45.1 Å². The standard InChI is InChI=1S/C27H46O16/c1-7-23(2,16-41-19(35)24(3,10-28)11-29)18(34)39-8-9-40-22(38)27(6,43-21(37)26(5,14-32)15-33)17-42-20(36)25(4,12-30)13-31/h28-33H,7-17H2,1-6H3. The summed E-state index contributed by atoms with van der Waals surface area (Å²) in [6, 6.07) is 0. The highest BCUT2D eigenvalue weighted by molar-refractivity contribution is 5.86. The molecule has 0 saturated carbocycles. The van der Waals surface area contributed by atoms with Crippen molar-refractivity contribution in [1.29, 1.82) is 0 Å². The van der Waals surface area contributed by atoms with Crippen molar-refractivity contribution in [2.45, 2.75) is 53.6 Å². The number of rotatable bonds is 20. The average molecular weight is 627 g/mol. The lowest BCUT2D eigenvalue weighted by Gasteiger charge is -2.32. The first-order chi connectivity index (χ1) is 19.9. The van der Waals surface area contributed by atoms with Gasteiger partial charge in [-0.15, -0.1) is 0 Å². The molecular formula is C27H46O16. The number of hydrogen-bond acceptors (Lipinski definition) is 16. The van der Waals surface area contributed by atoms with Crippen molar-refractivity contribution in [1.82, 2.24) is 0 Å². The Bertz CT molecular complexity index is 953. The van der Waals surface area contributed by atoms with Crippen LogP contribution in [0.2, 0.25) is 0 Å². The lowest BCUT2D eigenvalue weighted by atomic mass is 9.88. The van der Waals surface area contributed by atoms with Gasteiger partial charge in [-0.1, -0.05) is 6.92 Å². The third-order valence-electron chi connectivity index (χ3n) is 7.15. The maximum absolute atomic E-state index is 13.0. The number of carbonyl (C=O) groups is 5. The second-order valence-corrected chi connectivity index (χ2v) is 11.6. The Morgan fingerprint density at radius 3 is 1.16 bits per heavy atom. The van der Waals surface area contributed by atoms with Crippen molar-refractivity contribution < 1.29 is 78.3 Å². The van der Waals surface area contributed by atoms with Crippen LogP contribution in [0.1, 0.15) is 48.0 Å². The maximum atomic E-state index is 13.0. The van der Waals surface area contributed by atoms with Gasteiger partial charge in [-0.25, -0.2) is 4.79 Å². The van der Waals surface area contributed by atoms with Crippen LogP contribution in [0.4, 0.5) is 0 Å². The van der Waals surface area contributed by atoms with E-state index < -0.39 is 123 Å². The molecule has 0 radical (unpaired) electrons. The monoisotopic (exact) mass is 626 g/mol. The van der Waals surface area contributed by atoms with Crippen LogP contribution in [0.3, 0.4) is 0 Å². The van der Waals surface area contributed by atoms with Crippen LogP contribution in [0, 0.1) is 21.7 Å². The normalized spacial score (nSPS) is 15.0. The lowest BCUT2D eigenvalue weighted by molar-refractivity contribution is -0.201. The minimum Gasteiger partial charge on any atom is -0.464 e. The fraction of sp³-hybridized carbons (Fsp3) is 0.815. The van der Waals surface area contributed by atoms with Gasteiger partial charge in [-0.3, -0.25) is 19.2 Å². The average Bonchev–Trinajstić information content (AvgIpc) is 3.02. The summed E-state index contributed by atoms with van der Waals surface area (Å²) < 4.78 is 25.6. The second kappa shape index (κ2) is 16.8. The highest BCUT2D eigenvalue weighted by Crippen LogP contribution is 2.27. The quantitative estimate of drug-likeness (QED) is 0.0478. The molecule has 0 bridgehead atoms. The van der Waals surface area contributed by atoms with Gasteiger partial charge in [-0.2, -0.15) is 0 Å². The van der Waals surface area contributed by atoms with Crippen molar-refractivity contribution >= 4 is 29.8 Å². The number of aliphatic hydroxyl groups excluding tert-OH is 6. The molecule has 0 spiro atoms. The molecule has 250 valence electrons. The Morgan fingerprint density at radius 2 is 0.791 bits per heavy atom. The fourth-order valence-corrected chi connectivity index (χ4v) is 2.67. The van der Waals surface area contributed by atoms with E-state index in [1.165, 1.54) is 20.8 Å². The first-order valence-electron chi connectivity index (χ1n) is 13.4. The first-order valence-corrected chi connectivity index (χ1v) is 13.4. The van der Waals surface area contributed by atoms with Crippen LogP contribution in [-0.2, 0) is 47.7 Å². The van der Waals surface area contributed by atoms with Gasteiger partial charge in [0.2, 0.25) is 5.60 Å². The molecule has 16 heteroatoms. The van der Waals surface area contributed by atoms with Gasteiger partial charge in [-0.05, 0) is 41.0 Å². The molecule has 0 rings (SSSR count). The molecule has 0 aromatic carbocycles. The van der Waals surface area contributed by atoms with E-state index in [9.17, 15) is 54.6 Å². The maximum Gasteiger partial charge on any atom is 0.354 e. The molecule has 0 fully saturated rings. The smallest absolute Gasteiger partial charge is 0.354 e. The molecule has 0 saturated heterocycles. The fourth-order valence-electron chi connectivity index (χ4n) is 2.67. The minimum atomic E-state index is -2.34. The summed E-state index contributed by atoms with van der Waals surface area (Å²) in [7, 11) is 0. The third kappa shape index (κ3) is 10.4. The highest BCUT2D eigenvalue weighted by atomic mass is 16.6. The highest BCUT2D eigenvalue weighted by Gasteiger charge is 2.47. The van der Waals surface area contributed by atoms with Crippen molar-refractivity contribution in [2.75, 3.05) is 66.1 Å². The lowest BCUT2D eigenvalue weighted by Crippen LogP contribution is -2.51. The van der Waals surface area contributed by atoms with E-state index >= 15 is 0 Å². The van der Waals surface area contributed by atoms with Crippen molar-refractivity contribution in [2.24, 2.45) is 21.7 Å². The predicted octanol–water partition coefficient (Wildman–Crippen LogP) is -2.15. The van der Waals surface area contributed by atoms with Crippen LogP contribution < -0.4 is 0 Å². The molecule has 0 aromatic heterocycles. The van der Waals surface area contributed by atoms with Gasteiger partial charge >= 0.3 is 29.8 Å². The Labute approximate surface area is 249 Å². The molecule has 43 heavy (non-hydrogen) atoms. The van der Waals surface area contributed by atoms with Crippen molar-refractivity contribution in [3.8, 4) is 0 Å². The molecule has 2 unspecified atom stereocenters. The summed E-state index contributed by atoms with van der Waals surface area (Å²) in [6.45, 7) is 0.549. The topological polar surface area (TPSA) is 253 Å². The zero-order valence-corrected chi connectivity index (χ0v) is 25.5. The molecular weight excluding hydrogens is 580 g/mol. The van der Waals surface area contributed by atoms with Crippen LogP contribution in [0.15, 0.2) is 0 Å².